The molecular formula is C26H17ClN4OS. The van der Waals surface area contributed by atoms with Crippen molar-refractivity contribution in [3.05, 3.63) is 101 Å². The zero-order valence-corrected chi connectivity index (χ0v) is 18.9. The summed E-state index contributed by atoms with van der Waals surface area (Å²) < 4.78 is 1.87. The van der Waals surface area contributed by atoms with Crippen molar-refractivity contribution in [1.82, 2.24) is 19.7 Å². The second-order valence-electron chi connectivity index (χ2n) is 7.86. The van der Waals surface area contributed by atoms with Crippen molar-refractivity contribution >= 4 is 40.0 Å². The van der Waals surface area contributed by atoms with Gasteiger partial charge in [0.05, 0.1) is 11.6 Å². The summed E-state index contributed by atoms with van der Waals surface area (Å²) >= 11 is 7.50. The topological polar surface area (TPSA) is 60.7 Å². The quantitative estimate of drug-likeness (QED) is 0.283. The molecule has 0 saturated carbocycles. The van der Waals surface area contributed by atoms with Crippen LogP contribution in [-0.2, 0) is 0 Å². The lowest BCUT2D eigenvalue weighted by Crippen LogP contribution is -2.21. The smallest absolute Gasteiger partial charge is 0.193 e. The number of nitrogens with zero attached hydrogens (tertiary/aromatic N) is 4. The zero-order valence-electron chi connectivity index (χ0n) is 17.4. The van der Waals surface area contributed by atoms with Crippen LogP contribution >= 0.6 is 23.4 Å². The third-order valence-electron chi connectivity index (χ3n) is 5.74. The number of fused-ring (bicyclic) bond motifs is 3. The van der Waals surface area contributed by atoms with Crippen LogP contribution in [0.5, 0.6) is 0 Å². The Balaban J connectivity index is 1.47. The first-order valence-electron chi connectivity index (χ1n) is 10.5. The van der Waals surface area contributed by atoms with Gasteiger partial charge in [0.15, 0.2) is 16.8 Å². The van der Waals surface area contributed by atoms with E-state index in [0.29, 0.717) is 16.4 Å². The van der Waals surface area contributed by atoms with E-state index in [-0.39, 0.29) is 18.2 Å². The van der Waals surface area contributed by atoms with Crippen LogP contribution in [0.2, 0.25) is 5.02 Å². The Morgan fingerprint density at radius 2 is 1.70 bits per heavy atom. The SMILES string of the molecule is O=C(CC1c2cc3ccccc3nc2Sc2nc(-c3ccccc3)nn21)c1ccc(Cl)cc1. The number of aromatic nitrogens is 4. The van der Waals surface area contributed by atoms with E-state index in [1.54, 1.807) is 24.3 Å². The number of benzene rings is 3. The number of rotatable bonds is 4. The fourth-order valence-electron chi connectivity index (χ4n) is 4.07. The highest BCUT2D eigenvalue weighted by atomic mass is 35.5. The number of pyridine rings is 1. The van der Waals surface area contributed by atoms with Crippen LogP contribution in [0.1, 0.15) is 28.4 Å². The van der Waals surface area contributed by atoms with Crippen LogP contribution in [0.3, 0.4) is 0 Å². The summed E-state index contributed by atoms with van der Waals surface area (Å²) in [5.74, 6) is 0.657. The number of para-hydroxylation sites is 1. The predicted molar refractivity (Wildman–Crippen MR) is 130 cm³/mol. The standard InChI is InChI=1S/C26H17ClN4OS/c27-19-12-10-16(11-13-19)23(32)15-22-20-14-18-8-4-5-9-21(18)28-25(20)33-26-29-24(30-31(22)26)17-6-2-1-3-7-17/h1-14,22H,15H2. The number of Topliss-reactive ketones (excluding diaryl/α,β-unsaturated/α-hetero) is 1. The molecule has 0 saturated heterocycles. The van der Waals surface area contributed by atoms with Gasteiger partial charge in [-0.3, -0.25) is 4.79 Å². The van der Waals surface area contributed by atoms with Gasteiger partial charge in [-0.05, 0) is 48.2 Å². The molecule has 1 aliphatic rings. The Hall–Kier alpha value is -3.48. The molecule has 0 fully saturated rings. The molecule has 0 spiro atoms. The Labute approximate surface area is 199 Å². The van der Waals surface area contributed by atoms with E-state index in [9.17, 15) is 4.79 Å². The number of carbonyl (C=O) groups excluding carboxylic acids is 1. The van der Waals surface area contributed by atoms with Gasteiger partial charge in [0.1, 0.15) is 5.03 Å². The Bertz CT molecular complexity index is 1500. The maximum Gasteiger partial charge on any atom is 0.193 e. The summed E-state index contributed by atoms with van der Waals surface area (Å²) in [6, 6.07) is 26.7. The number of ketones is 1. The molecule has 7 heteroatoms. The Morgan fingerprint density at radius 3 is 2.52 bits per heavy atom. The van der Waals surface area contributed by atoms with E-state index in [4.69, 9.17) is 26.7 Å². The minimum atomic E-state index is -0.304. The normalized spacial score (nSPS) is 14.6. The molecule has 1 unspecified atom stereocenters. The average molecular weight is 469 g/mol. The van der Waals surface area contributed by atoms with Gasteiger partial charge >= 0.3 is 0 Å². The van der Waals surface area contributed by atoms with E-state index < -0.39 is 0 Å². The van der Waals surface area contributed by atoms with E-state index in [0.717, 1.165) is 32.2 Å². The Kier molecular flexibility index (Phi) is 4.97. The van der Waals surface area contributed by atoms with Crippen LogP contribution in [0, 0.1) is 0 Å². The van der Waals surface area contributed by atoms with Crippen LogP contribution in [-0.4, -0.2) is 25.5 Å². The molecule has 0 amide bonds. The molecule has 5 nitrogen and oxygen atoms in total. The fourth-order valence-corrected chi connectivity index (χ4v) is 5.22. The van der Waals surface area contributed by atoms with Crippen LogP contribution in [0.25, 0.3) is 22.3 Å². The van der Waals surface area contributed by atoms with Gasteiger partial charge in [-0.25, -0.2) is 14.6 Å². The van der Waals surface area contributed by atoms with Gasteiger partial charge in [0.25, 0.3) is 0 Å². The molecule has 1 atom stereocenters. The monoisotopic (exact) mass is 468 g/mol. The van der Waals surface area contributed by atoms with Crippen molar-refractivity contribution < 1.29 is 4.79 Å². The minimum absolute atomic E-state index is 0.0189. The van der Waals surface area contributed by atoms with Crippen molar-refractivity contribution in [1.29, 1.82) is 0 Å². The van der Waals surface area contributed by atoms with Crippen molar-refractivity contribution in [2.45, 2.75) is 22.6 Å². The minimum Gasteiger partial charge on any atom is -0.294 e. The fraction of sp³-hybridized carbons (Fsp3) is 0.0769. The summed E-state index contributed by atoms with van der Waals surface area (Å²) in [5.41, 5.74) is 3.46. The third-order valence-corrected chi connectivity index (χ3v) is 6.97. The number of halogens is 1. The summed E-state index contributed by atoms with van der Waals surface area (Å²) in [4.78, 5) is 22.9. The van der Waals surface area contributed by atoms with Crippen molar-refractivity contribution in [3.63, 3.8) is 0 Å². The zero-order chi connectivity index (χ0) is 22.4. The lowest BCUT2D eigenvalue weighted by molar-refractivity contribution is 0.0964. The molecule has 160 valence electrons. The maximum atomic E-state index is 13.3. The third kappa shape index (κ3) is 3.71. The molecule has 0 radical (unpaired) electrons. The predicted octanol–water partition coefficient (Wildman–Crippen LogP) is 6.47. The number of hydrogen-bond acceptors (Lipinski definition) is 5. The average Bonchev–Trinajstić information content (AvgIpc) is 3.28. The molecular weight excluding hydrogens is 452 g/mol. The molecule has 6 rings (SSSR count). The summed E-state index contributed by atoms with van der Waals surface area (Å²) in [6.07, 6.45) is 0.250. The first-order chi connectivity index (χ1) is 16.2. The van der Waals surface area contributed by atoms with Gasteiger partial charge in [-0.2, -0.15) is 0 Å². The van der Waals surface area contributed by atoms with E-state index in [2.05, 4.69) is 6.07 Å². The number of hydrogen-bond donors (Lipinski definition) is 0. The molecule has 0 aliphatic carbocycles. The van der Waals surface area contributed by atoms with Gasteiger partial charge in [-0.1, -0.05) is 60.1 Å². The van der Waals surface area contributed by atoms with Crippen molar-refractivity contribution in [3.8, 4) is 11.4 Å². The second-order valence-corrected chi connectivity index (χ2v) is 9.25. The van der Waals surface area contributed by atoms with Crippen LogP contribution in [0.15, 0.2) is 95.1 Å². The molecule has 5 aromatic rings. The molecule has 3 aromatic carbocycles. The molecule has 1 aliphatic heterocycles. The molecule has 3 heterocycles. The van der Waals surface area contributed by atoms with Crippen LogP contribution < -0.4 is 0 Å². The van der Waals surface area contributed by atoms with Gasteiger partial charge in [0.2, 0.25) is 0 Å². The summed E-state index contributed by atoms with van der Waals surface area (Å²) in [6.45, 7) is 0. The van der Waals surface area contributed by atoms with Crippen LogP contribution in [0.4, 0.5) is 0 Å². The van der Waals surface area contributed by atoms with Gasteiger partial charge < -0.3 is 0 Å². The Morgan fingerprint density at radius 1 is 0.939 bits per heavy atom. The highest BCUT2D eigenvalue weighted by Gasteiger charge is 2.32. The molecule has 33 heavy (non-hydrogen) atoms. The van der Waals surface area contributed by atoms with E-state index in [1.165, 1.54) is 11.8 Å². The summed E-state index contributed by atoms with van der Waals surface area (Å²) in [7, 11) is 0. The lowest BCUT2D eigenvalue weighted by atomic mass is 9.98. The van der Waals surface area contributed by atoms with Gasteiger partial charge in [-0.15, -0.1) is 5.10 Å². The van der Waals surface area contributed by atoms with Crippen molar-refractivity contribution in [2.75, 3.05) is 0 Å². The lowest BCUT2D eigenvalue weighted by Gasteiger charge is -2.25. The molecule has 0 bridgehead atoms. The number of carbonyl (C=O) groups is 1. The van der Waals surface area contributed by atoms with Crippen molar-refractivity contribution in [2.24, 2.45) is 0 Å². The molecule has 0 N–H and O–H groups in total. The second kappa shape index (κ2) is 8.14. The highest BCUT2D eigenvalue weighted by molar-refractivity contribution is 7.99. The summed E-state index contributed by atoms with van der Waals surface area (Å²) in [5, 5.41) is 8.06. The van der Waals surface area contributed by atoms with E-state index >= 15 is 0 Å². The largest absolute Gasteiger partial charge is 0.294 e. The first kappa shape index (κ1) is 20.1. The van der Waals surface area contributed by atoms with Gasteiger partial charge in [0, 0.05) is 33.5 Å². The van der Waals surface area contributed by atoms with E-state index in [1.807, 2.05) is 59.3 Å². The molecule has 2 aromatic heterocycles. The maximum absolute atomic E-state index is 13.3. The first-order valence-corrected chi connectivity index (χ1v) is 11.7. The highest BCUT2D eigenvalue weighted by Crippen LogP contribution is 2.43.